The number of rotatable bonds is 75. The van der Waals surface area contributed by atoms with E-state index in [1.165, 1.54) is 154 Å². The quantitative estimate of drug-likeness (QED) is 0.0170. The SMILES string of the molecule is CN(C)CCCCC(=O)CCCCCCC/C=C/CCCCCCCC(=O)NCCCN(C)C.C[N+](C)(C)CCCCC(=O)CCCCCCC/C=C/CCCCCCCC(=O)NCCC[N+](C)(C)C.C[N+](C)(O)CCCCC(=O)CCCCCCC/C=C/CCCCCCCC(=O)NCCC[N+](C)(C)O. The van der Waals surface area contributed by atoms with Crippen molar-refractivity contribution >= 4 is 35.1 Å². The molecule has 0 aromatic heterocycles. The summed E-state index contributed by atoms with van der Waals surface area (Å²) in [5.41, 5.74) is 0. The first-order valence-corrected chi connectivity index (χ1v) is 43.7. The summed E-state index contributed by atoms with van der Waals surface area (Å²) >= 11 is 0. The highest BCUT2D eigenvalue weighted by Gasteiger charge is 2.14. The van der Waals surface area contributed by atoms with Crippen molar-refractivity contribution in [1.82, 2.24) is 25.8 Å². The highest BCUT2D eigenvalue weighted by Crippen LogP contribution is 2.17. The number of carbonyl (C=O) groups excluding carboxylic acids is 6. The lowest BCUT2D eigenvalue weighted by Crippen LogP contribution is -2.38. The van der Waals surface area contributed by atoms with E-state index < -0.39 is 0 Å². The van der Waals surface area contributed by atoms with Gasteiger partial charge in [0.15, 0.2) is 0 Å². The average molecular weight is 1500 g/mol. The summed E-state index contributed by atoms with van der Waals surface area (Å²) in [5.74, 6) is 1.85. The Hall–Kier alpha value is -3.68. The van der Waals surface area contributed by atoms with Gasteiger partial charge in [-0.25, -0.2) is 10.4 Å². The standard InChI is InChI=1S/C31H62N3O2.C29H58N3O4.C29H57N3O2/c1-33(2,3)28-22-21-25-30(35)24-19-17-15-13-11-9-7-8-10-12-14-16-18-20-26-31(36)32-27-23-29-34(4,5)6;1-31(2,35)26-20-19-23-28(33)22-17-15-13-11-9-7-5-6-8-10-12-14-16-18-24-29(34)30-25-21-27-32(3,4)36;1-31(2)26-20-19-23-28(33)22-17-15-13-11-9-7-5-6-8-10-12-14-16-18-24-29(34)30-25-21-27-32(3)4/h7-8H,9-29H2,1-6H3;5-6,35-36H,7-27H2,1-4H3;5-6H,7-27H2,1-4H3,(H,30,34)/q2*+1;/p+2/b8-7+;2*6-5+. The van der Waals surface area contributed by atoms with Gasteiger partial charge < -0.3 is 34.7 Å². The molecule has 0 saturated carbocycles. The van der Waals surface area contributed by atoms with Crippen LogP contribution in [0.1, 0.15) is 347 Å². The van der Waals surface area contributed by atoms with E-state index in [-0.39, 0.29) is 27.0 Å². The predicted octanol–water partition coefficient (Wildman–Crippen LogP) is 19.2. The first kappa shape index (κ1) is 106. The number of amides is 3. The second kappa shape index (κ2) is 75.4. The van der Waals surface area contributed by atoms with Gasteiger partial charge in [0, 0.05) is 90.3 Å². The fourth-order valence-corrected chi connectivity index (χ4v) is 12.5. The Morgan fingerprint density at radius 1 is 0.245 bits per heavy atom. The Labute approximate surface area is 655 Å². The van der Waals surface area contributed by atoms with Gasteiger partial charge in [0.25, 0.3) is 0 Å². The maximum atomic E-state index is 12.0. The number of hydroxylamine groups is 6. The van der Waals surface area contributed by atoms with Gasteiger partial charge in [-0.15, -0.1) is 0 Å². The molecule has 0 rings (SSSR count). The predicted molar refractivity (Wildman–Crippen MR) is 451 cm³/mol. The molecule has 0 aromatic carbocycles. The molecule has 0 heterocycles. The number of Topliss-reactive ketones (excluding diaryl/α,β-unsaturated/α-hetero) is 3. The smallest absolute Gasteiger partial charge is 0.219 e. The third kappa shape index (κ3) is 100. The average Bonchev–Trinajstić information content (AvgIpc) is 1.06. The molecule has 106 heavy (non-hydrogen) atoms. The first-order chi connectivity index (χ1) is 50.4. The molecule has 0 saturated heterocycles. The number of quaternary nitrogens is 4. The van der Waals surface area contributed by atoms with E-state index in [0.717, 1.165) is 209 Å². The van der Waals surface area contributed by atoms with Gasteiger partial charge in [-0.3, -0.25) is 28.8 Å². The largest absolute Gasteiger partial charge is 0.356 e. The van der Waals surface area contributed by atoms with Crippen LogP contribution in [-0.4, -0.2) is 231 Å². The number of unbranched alkanes of at least 4 members (excludes halogenated alkanes) is 33. The van der Waals surface area contributed by atoms with Crippen LogP contribution in [-0.2, 0) is 28.8 Å². The van der Waals surface area contributed by atoms with Crippen LogP contribution in [0.2, 0.25) is 0 Å². The Kier molecular flexibility index (Phi) is 75.7. The summed E-state index contributed by atoms with van der Waals surface area (Å²) in [7, 11) is 28.5. The van der Waals surface area contributed by atoms with Crippen molar-refractivity contribution in [3.8, 4) is 0 Å². The number of allylic oxidation sites excluding steroid dienone is 6. The van der Waals surface area contributed by atoms with Crippen molar-refractivity contribution in [2.75, 3.05) is 158 Å². The minimum atomic E-state index is -0.0531. The van der Waals surface area contributed by atoms with Crippen LogP contribution >= 0.6 is 0 Å². The number of hydrogen-bond donors (Lipinski definition) is 5. The Bertz CT molecular complexity index is 1880. The molecule has 0 fully saturated rings. The van der Waals surface area contributed by atoms with Gasteiger partial charge in [-0.05, 0) is 202 Å². The van der Waals surface area contributed by atoms with Crippen molar-refractivity contribution in [3.63, 3.8) is 0 Å². The lowest BCUT2D eigenvalue weighted by Gasteiger charge is -2.23. The zero-order valence-electron chi connectivity index (χ0n) is 72.5. The van der Waals surface area contributed by atoms with Crippen LogP contribution < -0.4 is 16.0 Å². The molecule has 3 amide bonds. The second-order valence-electron chi connectivity index (χ2n) is 34.7. The summed E-state index contributed by atoms with van der Waals surface area (Å²) in [5, 5.41) is 28.2. The molecule has 0 unspecified atom stereocenters. The highest BCUT2D eigenvalue weighted by molar-refractivity contribution is 5.79. The number of nitrogens with one attached hydrogen (secondary N) is 3. The molecule has 0 aromatic rings. The first-order valence-electron chi connectivity index (χ1n) is 43.7. The van der Waals surface area contributed by atoms with E-state index >= 15 is 0 Å². The van der Waals surface area contributed by atoms with Crippen LogP contribution in [0.4, 0.5) is 0 Å². The summed E-state index contributed by atoms with van der Waals surface area (Å²) in [6, 6.07) is 0. The van der Waals surface area contributed by atoms with Gasteiger partial charge in [-0.2, -0.15) is 9.29 Å². The molecule has 0 aliphatic heterocycles. The Balaban J connectivity index is -0.00000150. The molecular weight excluding hydrogens is 1320 g/mol. The summed E-state index contributed by atoms with van der Waals surface area (Å²) in [6.07, 6.45) is 72.2. The highest BCUT2D eigenvalue weighted by atomic mass is 16.5. The maximum Gasteiger partial charge on any atom is 0.219 e. The van der Waals surface area contributed by atoms with Crippen LogP contribution in [0.15, 0.2) is 36.5 Å². The van der Waals surface area contributed by atoms with Crippen molar-refractivity contribution in [2.24, 2.45) is 0 Å². The Morgan fingerprint density at radius 3 is 0.717 bits per heavy atom. The zero-order valence-corrected chi connectivity index (χ0v) is 72.5. The Morgan fingerprint density at radius 2 is 0.443 bits per heavy atom. The van der Waals surface area contributed by atoms with E-state index in [0.29, 0.717) is 69.1 Å². The van der Waals surface area contributed by atoms with Gasteiger partial charge in [0.2, 0.25) is 17.7 Å². The number of carbonyl (C=O) groups is 6. The monoisotopic (exact) mass is 1500 g/mol. The van der Waals surface area contributed by atoms with Crippen molar-refractivity contribution < 1.29 is 57.4 Å². The van der Waals surface area contributed by atoms with E-state index in [9.17, 15) is 39.2 Å². The van der Waals surface area contributed by atoms with E-state index in [1.807, 2.05) is 0 Å². The molecule has 0 spiro atoms. The molecular formula is C89H179N9O8+4. The van der Waals surface area contributed by atoms with Crippen molar-refractivity contribution in [3.05, 3.63) is 36.5 Å². The molecule has 17 heteroatoms. The van der Waals surface area contributed by atoms with E-state index in [4.69, 9.17) is 0 Å². The van der Waals surface area contributed by atoms with Crippen LogP contribution in [0.5, 0.6) is 0 Å². The molecule has 624 valence electrons. The minimum absolute atomic E-state index is 0.0148. The summed E-state index contributed by atoms with van der Waals surface area (Å²) in [4.78, 5) is 75.5. The van der Waals surface area contributed by atoms with Crippen molar-refractivity contribution in [2.45, 2.75) is 347 Å². The molecule has 5 N–H and O–H groups in total. The van der Waals surface area contributed by atoms with E-state index in [2.05, 4.69) is 133 Å². The molecule has 0 atom stereocenters. The lowest BCUT2D eigenvalue weighted by molar-refractivity contribution is -1.07. The number of nitrogens with zero attached hydrogens (tertiary/aromatic N) is 6. The molecule has 0 radical (unpaired) electrons. The maximum absolute atomic E-state index is 12.0. The lowest BCUT2D eigenvalue weighted by atomic mass is 10.0. The number of ketones is 3. The minimum Gasteiger partial charge on any atom is -0.356 e. The second-order valence-corrected chi connectivity index (χ2v) is 34.7. The van der Waals surface area contributed by atoms with Gasteiger partial charge >= 0.3 is 0 Å². The van der Waals surface area contributed by atoms with Gasteiger partial charge in [-0.1, -0.05) is 152 Å². The van der Waals surface area contributed by atoms with Gasteiger partial charge in [0.1, 0.15) is 30.4 Å². The van der Waals surface area contributed by atoms with Crippen LogP contribution in [0.25, 0.3) is 0 Å². The van der Waals surface area contributed by atoms with Crippen molar-refractivity contribution in [1.29, 1.82) is 0 Å². The molecule has 0 bridgehead atoms. The molecule has 17 nitrogen and oxygen atoms in total. The van der Waals surface area contributed by atoms with Gasteiger partial charge in [0.05, 0.1) is 83.6 Å². The topological polar surface area (TPSA) is 185 Å². The third-order valence-electron chi connectivity index (χ3n) is 19.2. The molecule has 0 aliphatic rings. The molecule has 0 aliphatic carbocycles. The van der Waals surface area contributed by atoms with E-state index in [1.54, 1.807) is 28.2 Å². The fourth-order valence-electron chi connectivity index (χ4n) is 12.5. The summed E-state index contributed by atoms with van der Waals surface area (Å²) < 4.78 is 1.87. The van der Waals surface area contributed by atoms with Crippen LogP contribution in [0.3, 0.4) is 0 Å². The normalized spacial score (nSPS) is 12.2. The fraction of sp³-hybridized carbons (Fsp3) is 0.865. The number of hydrogen-bond acceptors (Lipinski definition) is 10. The zero-order chi connectivity index (χ0) is 79.5. The summed E-state index contributed by atoms with van der Waals surface area (Å²) in [6.45, 7) is 7.94. The third-order valence-corrected chi connectivity index (χ3v) is 19.2. The van der Waals surface area contributed by atoms with Crippen LogP contribution in [0, 0.1) is 0 Å².